The van der Waals surface area contributed by atoms with E-state index < -0.39 is 0 Å². The lowest BCUT2D eigenvalue weighted by atomic mass is 10.2. The Morgan fingerprint density at radius 1 is 1.05 bits per heavy atom. The zero-order chi connectivity index (χ0) is 13.2. The van der Waals surface area contributed by atoms with Crippen molar-refractivity contribution >= 4 is 28.5 Å². The molecule has 0 aromatic heterocycles. The number of amides is 1. The molecule has 0 spiro atoms. The summed E-state index contributed by atoms with van der Waals surface area (Å²) in [4.78, 5) is 17.0. The van der Waals surface area contributed by atoms with Gasteiger partial charge in [-0.1, -0.05) is 0 Å². The molecule has 1 aliphatic carbocycles. The summed E-state index contributed by atoms with van der Waals surface area (Å²) >= 11 is 2.27. The average Bonchev–Trinajstić information content (AvgIpc) is 3.25. The van der Waals surface area contributed by atoms with Gasteiger partial charge >= 0.3 is 0 Å². The molecule has 4 heteroatoms. The van der Waals surface area contributed by atoms with E-state index in [2.05, 4.69) is 27.5 Å². The maximum Gasteiger partial charge on any atom is 0.253 e. The van der Waals surface area contributed by atoms with Crippen LogP contribution in [0.4, 0.5) is 0 Å². The minimum absolute atomic E-state index is 0.189. The smallest absolute Gasteiger partial charge is 0.253 e. The molecular formula is C15H19IN2O. The first-order valence-electron chi connectivity index (χ1n) is 7.03. The van der Waals surface area contributed by atoms with Gasteiger partial charge < -0.3 is 4.90 Å². The highest BCUT2D eigenvalue weighted by atomic mass is 127. The summed E-state index contributed by atoms with van der Waals surface area (Å²) in [5.41, 5.74) is 0.820. The lowest BCUT2D eigenvalue weighted by molar-refractivity contribution is 0.0761. The number of hydrogen-bond donors (Lipinski definition) is 0. The van der Waals surface area contributed by atoms with Crippen molar-refractivity contribution in [1.82, 2.24) is 9.80 Å². The molecule has 3 rings (SSSR count). The fourth-order valence-electron chi connectivity index (χ4n) is 2.72. The van der Waals surface area contributed by atoms with Gasteiger partial charge in [-0.05, 0) is 66.1 Å². The molecule has 2 aliphatic rings. The largest absolute Gasteiger partial charge is 0.337 e. The maximum absolute atomic E-state index is 12.5. The van der Waals surface area contributed by atoms with Crippen LogP contribution in [0.3, 0.4) is 0 Å². The quantitative estimate of drug-likeness (QED) is 0.748. The monoisotopic (exact) mass is 370 g/mol. The Kier molecular flexibility index (Phi) is 4.07. The first-order chi connectivity index (χ1) is 9.24. The third-order valence-electron chi connectivity index (χ3n) is 3.97. The molecule has 0 atom stereocenters. The van der Waals surface area contributed by atoms with Crippen LogP contribution in [-0.2, 0) is 0 Å². The van der Waals surface area contributed by atoms with E-state index in [1.54, 1.807) is 0 Å². The Morgan fingerprint density at radius 2 is 1.79 bits per heavy atom. The van der Waals surface area contributed by atoms with Gasteiger partial charge in [-0.2, -0.15) is 0 Å². The Hall–Kier alpha value is -0.620. The van der Waals surface area contributed by atoms with Gasteiger partial charge in [-0.15, -0.1) is 0 Å². The molecule has 19 heavy (non-hydrogen) atoms. The van der Waals surface area contributed by atoms with E-state index in [4.69, 9.17) is 0 Å². The second-order valence-electron chi connectivity index (χ2n) is 5.42. The fourth-order valence-corrected chi connectivity index (χ4v) is 3.08. The van der Waals surface area contributed by atoms with E-state index in [0.29, 0.717) is 0 Å². The number of hydrogen-bond acceptors (Lipinski definition) is 2. The molecule has 1 amide bonds. The van der Waals surface area contributed by atoms with Gasteiger partial charge in [0.05, 0.1) is 0 Å². The summed E-state index contributed by atoms with van der Waals surface area (Å²) in [6, 6.07) is 8.69. The van der Waals surface area contributed by atoms with Crippen molar-refractivity contribution in [2.45, 2.75) is 25.3 Å². The molecule has 102 valence electrons. The second kappa shape index (κ2) is 5.79. The van der Waals surface area contributed by atoms with Crippen LogP contribution in [-0.4, -0.2) is 47.9 Å². The first-order valence-corrected chi connectivity index (χ1v) is 8.11. The van der Waals surface area contributed by atoms with Crippen LogP contribution < -0.4 is 0 Å². The highest BCUT2D eigenvalue weighted by Crippen LogP contribution is 2.27. The molecule has 1 aromatic rings. The number of nitrogens with zero attached hydrogens (tertiary/aromatic N) is 2. The lowest BCUT2D eigenvalue weighted by Gasteiger charge is -2.21. The van der Waals surface area contributed by atoms with Crippen molar-refractivity contribution in [2.75, 3.05) is 26.2 Å². The van der Waals surface area contributed by atoms with Crippen LogP contribution in [0.25, 0.3) is 0 Å². The van der Waals surface area contributed by atoms with E-state index in [9.17, 15) is 4.79 Å². The molecule has 2 fully saturated rings. The normalized spacial score (nSPS) is 21.2. The predicted molar refractivity (Wildman–Crippen MR) is 84.3 cm³/mol. The van der Waals surface area contributed by atoms with Crippen molar-refractivity contribution in [3.8, 4) is 0 Å². The van der Waals surface area contributed by atoms with E-state index in [-0.39, 0.29) is 5.91 Å². The van der Waals surface area contributed by atoms with E-state index in [1.807, 2.05) is 29.2 Å². The van der Waals surface area contributed by atoms with Crippen LogP contribution in [0.2, 0.25) is 0 Å². The van der Waals surface area contributed by atoms with Crippen LogP contribution in [0.5, 0.6) is 0 Å². The van der Waals surface area contributed by atoms with Gasteiger partial charge in [-0.25, -0.2) is 0 Å². The van der Waals surface area contributed by atoms with Gasteiger partial charge in [0.2, 0.25) is 0 Å². The van der Waals surface area contributed by atoms with Crippen LogP contribution in [0.1, 0.15) is 29.6 Å². The van der Waals surface area contributed by atoms with E-state index in [0.717, 1.165) is 44.2 Å². The summed E-state index contributed by atoms with van der Waals surface area (Å²) in [6.07, 6.45) is 3.81. The van der Waals surface area contributed by atoms with Crippen molar-refractivity contribution in [1.29, 1.82) is 0 Å². The minimum atomic E-state index is 0.189. The third-order valence-corrected chi connectivity index (χ3v) is 4.69. The van der Waals surface area contributed by atoms with Crippen molar-refractivity contribution in [3.05, 3.63) is 33.4 Å². The zero-order valence-electron chi connectivity index (χ0n) is 11.0. The maximum atomic E-state index is 12.5. The Balaban J connectivity index is 1.64. The number of halogens is 1. The summed E-state index contributed by atoms with van der Waals surface area (Å²) in [7, 11) is 0. The van der Waals surface area contributed by atoms with Crippen molar-refractivity contribution in [2.24, 2.45) is 0 Å². The third kappa shape index (κ3) is 3.28. The Morgan fingerprint density at radius 3 is 2.47 bits per heavy atom. The molecule has 1 aliphatic heterocycles. The summed E-state index contributed by atoms with van der Waals surface area (Å²) in [6.45, 7) is 3.97. The topological polar surface area (TPSA) is 23.6 Å². The molecular weight excluding hydrogens is 351 g/mol. The molecule has 3 nitrogen and oxygen atoms in total. The average molecular weight is 370 g/mol. The summed E-state index contributed by atoms with van der Waals surface area (Å²) in [5, 5.41) is 0. The van der Waals surface area contributed by atoms with Gasteiger partial charge in [0.25, 0.3) is 5.91 Å². The van der Waals surface area contributed by atoms with Gasteiger partial charge in [0.15, 0.2) is 0 Å². The number of rotatable bonds is 2. The second-order valence-corrected chi connectivity index (χ2v) is 6.67. The van der Waals surface area contributed by atoms with Crippen LogP contribution in [0.15, 0.2) is 24.3 Å². The Labute approximate surface area is 128 Å². The molecule has 0 radical (unpaired) electrons. The van der Waals surface area contributed by atoms with Crippen LogP contribution in [0, 0.1) is 3.57 Å². The van der Waals surface area contributed by atoms with E-state index >= 15 is 0 Å². The number of carbonyl (C=O) groups excluding carboxylic acids is 1. The van der Waals surface area contributed by atoms with Gasteiger partial charge in [-0.3, -0.25) is 9.69 Å². The SMILES string of the molecule is O=C(c1ccc(I)cc1)N1CCCN(C2CC2)CC1. The molecule has 1 saturated heterocycles. The Bertz CT molecular complexity index is 456. The number of benzene rings is 1. The van der Waals surface area contributed by atoms with Gasteiger partial charge in [0.1, 0.15) is 0 Å². The van der Waals surface area contributed by atoms with Crippen molar-refractivity contribution in [3.63, 3.8) is 0 Å². The number of carbonyl (C=O) groups is 1. The van der Waals surface area contributed by atoms with Crippen LogP contribution >= 0.6 is 22.6 Å². The zero-order valence-corrected chi connectivity index (χ0v) is 13.2. The molecule has 1 heterocycles. The highest BCUT2D eigenvalue weighted by Gasteiger charge is 2.30. The summed E-state index contributed by atoms with van der Waals surface area (Å²) in [5.74, 6) is 0.189. The fraction of sp³-hybridized carbons (Fsp3) is 0.533. The van der Waals surface area contributed by atoms with Crippen molar-refractivity contribution < 1.29 is 4.79 Å². The van der Waals surface area contributed by atoms with E-state index in [1.165, 1.54) is 16.4 Å². The molecule has 1 saturated carbocycles. The highest BCUT2D eigenvalue weighted by molar-refractivity contribution is 14.1. The molecule has 0 bridgehead atoms. The molecule has 0 N–H and O–H groups in total. The summed E-state index contributed by atoms with van der Waals surface area (Å²) < 4.78 is 1.17. The molecule has 0 unspecified atom stereocenters. The molecule has 1 aromatic carbocycles. The van der Waals surface area contributed by atoms with Gasteiger partial charge in [0, 0.05) is 41.4 Å². The standard InChI is InChI=1S/C15H19IN2O/c16-13-4-2-12(3-5-13)15(19)18-9-1-8-17(10-11-18)14-6-7-14/h2-5,14H,1,6-11H2. The first kappa shape index (κ1) is 13.4. The predicted octanol–water partition coefficient (Wildman–Crippen LogP) is 2.60. The lowest BCUT2D eigenvalue weighted by Crippen LogP contribution is -2.35. The minimum Gasteiger partial charge on any atom is -0.337 e.